The monoisotopic (exact) mass is 746 g/mol. The SMILES string of the molecule is CC1C=Cc2c(n(-c3ccc4oc5c(-c6ccc7oc8cccc(-c9nc(-c%10ccccc%10)nc(-c%10ccccc%10)n9)c8c7c6)cccc5c4c3)c3ccccc23)C1. The van der Waals surface area contributed by atoms with Gasteiger partial charge in [-0.15, -0.1) is 0 Å². The molecule has 4 heterocycles. The van der Waals surface area contributed by atoms with Crippen LogP contribution in [-0.2, 0) is 6.42 Å². The molecule has 12 rings (SSSR count). The maximum Gasteiger partial charge on any atom is 0.164 e. The van der Waals surface area contributed by atoms with Crippen molar-refractivity contribution in [1.29, 1.82) is 0 Å². The quantitative estimate of drug-likeness (QED) is 0.175. The van der Waals surface area contributed by atoms with Gasteiger partial charge in [-0.25, -0.2) is 15.0 Å². The molecule has 0 amide bonds. The minimum absolute atomic E-state index is 0.480. The first-order chi connectivity index (χ1) is 28.6. The second-order valence-electron chi connectivity index (χ2n) is 15.2. The Balaban J connectivity index is 1.02. The summed E-state index contributed by atoms with van der Waals surface area (Å²) >= 11 is 0. The third-order valence-electron chi connectivity index (χ3n) is 11.6. The van der Waals surface area contributed by atoms with Gasteiger partial charge >= 0.3 is 0 Å². The molecule has 0 saturated heterocycles. The number of fused-ring (bicyclic) bond motifs is 9. The van der Waals surface area contributed by atoms with Gasteiger partial charge in [0.1, 0.15) is 22.3 Å². The minimum Gasteiger partial charge on any atom is -0.456 e. The lowest BCUT2D eigenvalue weighted by molar-refractivity contribution is 0.668. The molecule has 4 aromatic heterocycles. The van der Waals surface area contributed by atoms with Crippen LogP contribution in [0.15, 0.2) is 173 Å². The van der Waals surface area contributed by atoms with E-state index in [1.165, 1.54) is 22.2 Å². The summed E-state index contributed by atoms with van der Waals surface area (Å²) in [6.45, 7) is 2.29. The van der Waals surface area contributed by atoms with Crippen LogP contribution in [0.3, 0.4) is 0 Å². The molecular formula is C52H34N4O2. The van der Waals surface area contributed by atoms with Crippen molar-refractivity contribution in [2.45, 2.75) is 13.3 Å². The fourth-order valence-electron chi connectivity index (χ4n) is 8.90. The van der Waals surface area contributed by atoms with Crippen LogP contribution in [0, 0.1) is 5.92 Å². The molecule has 1 unspecified atom stereocenters. The van der Waals surface area contributed by atoms with E-state index in [1.54, 1.807) is 0 Å². The molecular weight excluding hydrogens is 713 g/mol. The van der Waals surface area contributed by atoms with Crippen molar-refractivity contribution in [3.05, 3.63) is 175 Å². The molecule has 6 nitrogen and oxygen atoms in total. The van der Waals surface area contributed by atoms with Gasteiger partial charge in [0.05, 0.1) is 5.52 Å². The van der Waals surface area contributed by atoms with Crippen LogP contribution >= 0.6 is 0 Å². The van der Waals surface area contributed by atoms with Gasteiger partial charge in [-0.1, -0.05) is 134 Å². The third kappa shape index (κ3) is 5.08. The number of furan rings is 2. The first-order valence-corrected chi connectivity index (χ1v) is 19.7. The fraction of sp³-hybridized carbons (Fsp3) is 0.0577. The first kappa shape index (κ1) is 32.7. The maximum absolute atomic E-state index is 6.74. The molecule has 0 N–H and O–H groups in total. The van der Waals surface area contributed by atoms with Crippen LogP contribution in [0.1, 0.15) is 18.2 Å². The van der Waals surface area contributed by atoms with E-state index in [-0.39, 0.29) is 0 Å². The van der Waals surface area contributed by atoms with Crippen LogP contribution in [0.25, 0.3) is 112 Å². The number of benzene rings is 7. The van der Waals surface area contributed by atoms with Gasteiger partial charge < -0.3 is 13.4 Å². The Morgan fingerprint density at radius 2 is 1.19 bits per heavy atom. The Bertz CT molecular complexity index is 3390. The molecule has 0 fully saturated rings. The van der Waals surface area contributed by atoms with Gasteiger partial charge in [0.15, 0.2) is 17.5 Å². The predicted octanol–water partition coefficient (Wildman–Crippen LogP) is 13.5. The summed E-state index contributed by atoms with van der Waals surface area (Å²) in [5, 5.41) is 5.40. The third-order valence-corrected chi connectivity index (χ3v) is 11.6. The molecule has 0 aliphatic heterocycles. The van der Waals surface area contributed by atoms with Crippen molar-refractivity contribution in [1.82, 2.24) is 19.5 Å². The fourth-order valence-corrected chi connectivity index (χ4v) is 8.90. The summed E-state index contributed by atoms with van der Waals surface area (Å²) in [5.41, 5.74) is 13.1. The van der Waals surface area contributed by atoms with Gasteiger partial charge in [-0.05, 0) is 60.4 Å². The Morgan fingerprint density at radius 1 is 0.517 bits per heavy atom. The second-order valence-corrected chi connectivity index (χ2v) is 15.2. The summed E-state index contributed by atoms with van der Waals surface area (Å²) in [5.74, 6) is 2.30. The number of hydrogen-bond donors (Lipinski definition) is 0. The highest BCUT2D eigenvalue weighted by Gasteiger charge is 2.23. The van der Waals surface area contributed by atoms with Crippen molar-refractivity contribution in [3.8, 4) is 51.0 Å². The van der Waals surface area contributed by atoms with Crippen LogP contribution < -0.4 is 0 Å². The molecule has 11 aromatic rings. The summed E-state index contributed by atoms with van der Waals surface area (Å²) in [7, 11) is 0. The van der Waals surface area contributed by atoms with Gasteiger partial charge in [-0.2, -0.15) is 0 Å². The zero-order valence-corrected chi connectivity index (χ0v) is 31.6. The zero-order chi connectivity index (χ0) is 38.3. The van der Waals surface area contributed by atoms with E-state index in [4.69, 9.17) is 23.8 Å². The lowest BCUT2D eigenvalue weighted by Crippen LogP contribution is -2.08. The van der Waals surface area contributed by atoms with E-state index in [2.05, 4.69) is 109 Å². The van der Waals surface area contributed by atoms with Crippen LogP contribution in [0.5, 0.6) is 0 Å². The van der Waals surface area contributed by atoms with E-state index in [9.17, 15) is 0 Å². The number of para-hydroxylation sites is 2. The normalized spacial score (nSPS) is 14.0. The highest BCUT2D eigenvalue weighted by Crippen LogP contribution is 2.42. The topological polar surface area (TPSA) is 69.9 Å². The van der Waals surface area contributed by atoms with E-state index in [0.717, 1.165) is 83.8 Å². The van der Waals surface area contributed by atoms with Crippen molar-refractivity contribution in [2.75, 3.05) is 0 Å². The Kier molecular flexibility index (Phi) is 7.17. The molecule has 58 heavy (non-hydrogen) atoms. The van der Waals surface area contributed by atoms with Crippen LogP contribution in [0.4, 0.5) is 0 Å². The number of rotatable bonds is 5. The van der Waals surface area contributed by atoms with Gasteiger partial charge in [-0.3, -0.25) is 0 Å². The lowest BCUT2D eigenvalue weighted by atomic mass is 9.95. The Hall–Kier alpha value is -7.57. The number of hydrogen-bond acceptors (Lipinski definition) is 5. The summed E-state index contributed by atoms with van der Waals surface area (Å²) in [6, 6.07) is 54.4. The molecule has 0 saturated carbocycles. The Morgan fingerprint density at radius 3 is 2.00 bits per heavy atom. The van der Waals surface area contributed by atoms with Gasteiger partial charge in [0, 0.05) is 66.1 Å². The highest BCUT2D eigenvalue weighted by atomic mass is 16.3. The lowest BCUT2D eigenvalue weighted by Gasteiger charge is -2.17. The molecule has 0 radical (unpaired) electrons. The van der Waals surface area contributed by atoms with E-state index in [0.29, 0.717) is 23.4 Å². The van der Waals surface area contributed by atoms with Crippen molar-refractivity contribution < 1.29 is 8.83 Å². The number of allylic oxidation sites excluding steroid dienone is 1. The standard InChI is InChI=1S/C52H34N4O2/c1-31-22-25-38-37-16-8-9-20-43(37)56(44(38)28-31)35-24-27-45-41(30-35)39-18-10-17-36(49(39)58-45)34-23-26-46-42(29-34)48-40(19-11-21-47(48)57-46)52-54-50(32-12-4-2-5-13-32)53-51(55-52)33-14-6-3-7-15-33/h2-27,29-31H,28H2,1H3. The molecule has 0 spiro atoms. The minimum atomic E-state index is 0.480. The van der Waals surface area contributed by atoms with E-state index >= 15 is 0 Å². The summed E-state index contributed by atoms with van der Waals surface area (Å²) < 4.78 is 15.7. The highest BCUT2D eigenvalue weighted by molar-refractivity contribution is 6.15. The largest absolute Gasteiger partial charge is 0.456 e. The zero-order valence-electron chi connectivity index (χ0n) is 31.6. The van der Waals surface area contributed by atoms with Gasteiger partial charge in [0.25, 0.3) is 0 Å². The van der Waals surface area contributed by atoms with Crippen LogP contribution in [0.2, 0.25) is 0 Å². The first-order valence-electron chi connectivity index (χ1n) is 19.7. The molecule has 7 aromatic carbocycles. The summed E-state index contributed by atoms with van der Waals surface area (Å²) in [6.07, 6.45) is 5.63. The smallest absolute Gasteiger partial charge is 0.164 e. The van der Waals surface area contributed by atoms with Crippen molar-refractivity contribution >= 4 is 60.9 Å². The maximum atomic E-state index is 6.74. The summed E-state index contributed by atoms with van der Waals surface area (Å²) in [4.78, 5) is 15.1. The number of nitrogens with zero attached hydrogens (tertiary/aromatic N) is 4. The average molecular weight is 747 g/mol. The molecule has 0 bridgehead atoms. The van der Waals surface area contributed by atoms with Crippen molar-refractivity contribution in [2.24, 2.45) is 5.92 Å². The van der Waals surface area contributed by atoms with E-state index in [1.807, 2.05) is 72.8 Å². The van der Waals surface area contributed by atoms with Crippen molar-refractivity contribution in [3.63, 3.8) is 0 Å². The molecule has 1 aliphatic rings. The molecule has 1 aliphatic carbocycles. The number of aromatic nitrogens is 4. The predicted molar refractivity (Wildman–Crippen MR) is 235 cm³/mol. The van der Waals surface area contributed by atoms with Crippen LogP contribution in [-0.4, -0.2) is 19.5 Å². The average Bonchev–Trinajstić information content (AvgIpc) is 3.95. The van der Waals surface area contributed by atoms with E-state index < -0.39 is 0 Å². The molecule has 6 heteroatoms. The molecule has 1 atom stereocenters. The Labute approximate surface area is 333 Å². The second kappa shape index (κ2) is 12.7. The molecule has 274 valence electrons. The van der Waals surface area contributed by atoms with Gasteiger partial charge in [0.2, 0.25) is 0 Å².